The van der Waals surface area contributed by atoms with Crippen LogP contribution in [0, 0.1) is 11.8 Å². The highest BCUT2D eigenvalue weighted by Gasteiger charge is 2.32. The van der Waals surface area contributed by atoms with E-state index < -0.39 is 0 Å². The second-order valence-electron chi connectivity index (χ2n) is 5.37. The average Bonchev–Trinajstić information content (AvgIpc) is 2.30. The molecule has 2 aliphatic rings. The molecule has 0 aliphatic heterocycles. The molecule has 92 valence electrons. The summed E-state index contributed by atoms with van der Waals surface area (Å²) in [5.74, 6) is 1.53. The highest BCUT2D eigenvalue weighted by Crippen LogP contribution is 2.38. The van der Waals surface area contributed by atoms with Gasteiger partial charge in [0.15, 0.2) is 0 Å². The van der Waals surface area contributed by atoms with Crippen molar-refractivity contribution in [1.29, 1.82) is 0 Å². The van der Waals surface area contributed by atoms with Gasteiger partial charge in [0.2, 0.25) is 0 Å². The fraction of sp³-hybridized carbons (Fsp3) is 0.923. The van der Waals surface area contributed by atoms with E-state index in [4.69, 9.17) is 11.6 Å². The van der Waals surface area contributed by atoms with Crippen molar-refractivity contribution in [2.45, 2.75) is 63.8 Å². The van der Waals surface area contributed by atoms with E-state index in [0.29, 0.717) is 12.0 Å². The molecule has 1 amide bonds. The third-order valence-corrected chi connectivity index (χ3v) is 4.48. The molecule has 0 aromatic rings. The Morgan fingerprint density at radius 2 is 1.56 bits per heavy atom. The predicted molar refractivity (Wildman–Crippen MR) is 66.7 cm³/mol. The molecule has 2 aliphatic carbocycles. The fourth-order valence-corrected chi connectivity index (χ4v) is 3.75. The van der Waals surface area contributed by atoms with Crippen LogP contribution in [0.3, 0.4) is 0 Å². The Bertz CT molecular complexity index is 238. The summed E-state index contributed by atoms with van der Waals surface area (Å²) in [6.07, 6.45) is 11.9. The van der Waals surface area contributed by atoms with E-state index >= 15 is 0 Å². The van der Waals surface area contributed by atoms with Crippen molar-refractivity contribution in [1.82, 2.24) is 5.32 Å². The molecule has 0 aromatic carbocycles. The van der Waals surface area contributed by atoms with Crippen molar-refractivity contribution in [3.8, 4) is 0 Å². The number of nitrogens with one attached hydrogen (secondary N) is 1. The van der Waals surface area contributed by atoms with Crippen molar-refractivity contribution in [2.75, 3.05) is 0 Å². The normalized spacial score (nSPS) is 32.3. The van der Waals surface area contributed by atoms with Gasteiger partial charge in [-0.2, -0.15) is 0 Å². The number of amides is 1. The lowest BCUT2D eigenvalue weighted by Crippen LogP contribution is -2.43. The van der Waals surface area contributed by atoms with Gasteiger partial charge in [-0.3, -0.25) is 4.79 Å². The van der Waals surface area contributed by atoms with Crippen molar-refractivity contribution in [3.05, 3.63) is 0 Å². The number of rotatable bonds is 2. The summed E-state index contributed by atoms with van der Waals surface area (Å²) in [6, 6.07) is 0.349. The maximum absolute atomic E-state index is 11.0. The van der Waals surface area contributed by atoms with Crippen LogP contribution >= 0.6 is 11.6 Å². The van der Waals surface area contributed by atoms with Crippen molar-refractivity contribution >= 4 is 17.0 Å². The van der Waals surface area contributed by atoms with Gasteiger partial charge in [-0.1, -0.05) is 44.9 Å². The molecule has 2 unspecified atom stereocenters. The third-order valence-electron chi connectivity index (χ3n) is 4.37. The van der Waals surface area contributed by atoms with Gasteiger partial charge >= 0.3 is 5.37 Å². The van der Waals surface area contributed by atoms with E-state index in [1.54, 1.807) is 0 Å². The van der Waals surface area contributed by atoms with Crippen LogP contribution in [0.15, 0.2) is 0 Å². The van der Waals surface area contributed by atoms with Gasteiger partial charge in [0, 0.05) is 6.04 Å². The summed E-state index contributed by atoms with van der Waals surface area (Å²) in [5.41, 5.74) is 0. The maximum Gasteiger partial charge on any atom is 0.314 e. The van der Waals surface area contributed by atoms with Crippen LogP contribution < -0.4 is 5.32 Å². The minimum absolute atomic E-state index is 0.349. The Morgan fingerprint density at radius 1 is 0.938 bits per heavy atom. The molecule has 0 aromatic heterocycles. The lowest BCUT2D eigenvalue weighted by Gasteiger charge is -2.39. The smallest absolute Gasteiger partial charge is 0.314 e. The first-order chi connectivity index (χ1) is 7.77. The minimum Gasteiger partial charge on any atom is -0.340 e. The van der Waals surface area contributed by atoms with Gasteiger partial charge in [-0.25, -0.2) is 0 Å². The lowest BCUT2D eigenvalue weighted by molar-refractivity contribution is 0.155. The molecule has 2 saturated carbocycles. The number of carbonyl (C=O) groups excluding carboxylic acids is 1. The minimum atomic E-state index is -0.368. The molecule has 2 atom stereocenters. The standard InChI is InChI=1S/C13H22ClNO/c14-13(16)15-12-9-5-4-8-11(12)10-6-2-1-3-7-10/h10-12H,1-9H2,(H,15,16). The van der Waals surface area contributed by atoms with Crippen molar-refractivity contribution < 1.29 is 4.79 Å². The zero-order valence-electron chi connectivity index (χ0n) is 9.88. The Kier molecular flexibility index (Phi) is 4.51. The average molecular weight is 244 g/mol. The van der Waals surface area contributed by atoms with E-state index in [2.05, 4.69) is 5.32 Å². The molecule has 0 radical (unpaired) electrons. The van der Waals surface area contributed by atoms with Gasteiger partial charge in [-0.15, -0.1) is 0 Å². The summed E-state index contributed by atoms with van der Waals surface area (Å²) in [6.45, 7) is 0. The number of hydrogen-bond donors (Lipinski definition) is 1. The first-order valence-corrected chi connectivity index (χ1v) is 7.11. The van der Waals surface area contributed by atoms with E-state index in [-0.39, 0.29) is 5.37 Å². The van der Waals surface area contributed by atoms with Gasteiger partial charge in [0.1, 0.15) is 0 Å². The fourth-order valence-electron chi connectivity index (χ4n) is 3.61. The molecule has 0 bridgehead atoms. The van der Waals surface area contributed by atoms with Crippen LogP contribution in [0.1, 0.15) is 57.8 Å². The Balaban J connectivity index is 1.94. The quantitative estimate of drug-likeness (QED) is 0.575. The van der Waals surface area contributed by atoms with E-state index in [0.717, 1.165) is 12.3 Å². The highest BCUT2D eigenvalue weighted by molar-refractivity contribution is 6.62. The number of hydrogen-bond acceptors (Lipinski definition) is 1. The van der Waals surface area contributed by atoms with Crippen LogP contribution in [0.4, 0.5) is 4.79 Å². The molecular weight excluding hydrogens is 222 g/mol. The first-order valence-electron chi connectivity index (χ1n) is 6.73. The Labute approximate surface area is 103 Å². The SMILES string of the molecule is O=C(Cl)NC1CCCCC1C1CCCCC1. The van der Waals surface area contributed by atoms with Gasteiger partial charge in [0.25, 0.3) is 0 Å². The molecule has 2 rings (SSSR count). The molecule has 0 spiro atoms. The largest absolute Gasteiger partial charge is 0.340 e. The lowest BCUT2D eigenvalue weighted by atomic mass is 9.71. The summed E-state index contributed by atoms with van der Waals surface area (Å²) in [7, 11) is 0. The van der Waals surface area contributed by atoms with Gasteiger partial charge < -0.3 is 5.32 Å². The van der Waals surface area contributed by atoms with Crippen LogP contribution in [0.25, 0.3) is 0 Å². The number of halogens is 1. The maximum atomic E-state index is 11.0. The zero-order chi connectivity index (χ0) is 11.4. The van der Waals surface area contributed by atoms with Crippen LogP contribution in [-0.2, 0) is 0 Å². The summed E-state index contributed by atoms with van der Waals surface area (Å²) in [4.78, 5) is 11.0. The van der Waals surface area contributed by atoms with Crippen LogP contribution in [-0.4, -0.2) is 11.4 Å². The third kappa shape index (κ3) is 3.13. The molecule has 2 fully saturated rings. The van der Waals surface area contributed by atoms with Gasteiger partial charge in [0.05, 0.1) is 0 Å². The van der Waals surface area contributed by atoms with E-state index in [1.807, 2.05) is 0 Å². The van der Waals surface area contributed by atoms with Crippen LogP contribution in [0.5, 0.6) is 0 Å². The summed E-state index contributed by atoms with van der Waals surface area (Å²) >= 11 is 5.47. The van der Waals surface area contributed by atoms with Gasteiger partial charge in [-0.05, 0) is 36.3 Å². The summed E-state index contributed by atoms with van der Waals surface area (Å²) < 4.78 is 0. The molecule has 0 saturated heterocycles. The predicted octanol–water partition coefficient (Wildman–Crippen LogP) is 4.07. The molecule has 2 nitrogen and oxygen atoms in total. The zero-order valence-corrected chi connectivity index (χ0v) is 10.6. The van der Waals surface area contributed by atoms with Crippen molar-refractivity contribution in [2.24, 2.45) is 11.8 Å². The van der Waals surface area contributed by atoms with E-state index in [1.165, 1.54) is 51.4 Å². The monoisotopic (exact) mass is 243 g/mol. The molecule has 1 N–H and O–H groups in total. The molecule has 0 heterocycles. The second-order valence-corrected chi connectivity index (χ2v) is 5.71. The highest BCUT2D eigenvalue weighted by atomic mass is 35.5. The topological polar surface area (TPSA) is 29.1 Å². The Hall–Kier alpha value is -0.240. The van der Waals surface area contributed by atoms with Crippen molar-refractivity contribution in [3.63, 3.8) is 0 Å². The summed E-state index contributed by atoms with van der Waals surface area (Å²) in [5, 5.41) is 2.59. The second kappa shape index (κ2) is 5.90. The molecule has 16 heavy (non-hydrogen) atoms. The Morgan fingerprint density at radius 3 is 2.25 bits per heavy atom. The first kappa shape index (κ1) is 12.2. The molecular formula is C13H22ClNO. The van der Waals surface area contributed by atoms with E-state index in [9.17, 15) is 4.79 Å². The number of carbonyl (C=O) groups is 1. The molecule has 3 heteroatoms. The van der Waals surface area contributed by atoms with Crippen LogP contribution in [0.2, 0.25) is 0 Å².